The van der Waals surface area contributed by atoms with Crippen molar-refractivity contribution in [3.05, 3.63) is 99.7 Å². The minimum Gasteiger partial charge on any atom is -0.489 e. The number of carbonyl (C=O) groups is 1. The summed E-state index contributed by atoms with van der Waals surface area (Å²) < 4.78 is 41.3. The van der Waals surface area contributed by atoms with Gasteiger partial charge in [-0.1, -0.05) is 29.3 Å². The lowest BCUT2D eigenvalue weighted by atomic mass is 10.1. The Labute approximate surface area is 272 Å². The molecular weight excluding hydrogens is 614 g/mol. The third kappa shape index (κ3) is 8.48. The Morgan fingerprint density at radius 1 is 0.978 bits per heavy atom. The Morgan fingerprint density at radius 2 is 1.72 bits per heavy atom. The number of benzene rings is 3. The van der Waals surface area contributed by atoms with Gasteiger partial charge in [0.15, 0.2) is 11.6 Å². The highest BCUT2D eigenvalue weighted by Crippen LogP contribution is 2.28. The zero-order valence-corrected chi connectivity index (χ0v) is 27.1. The SMILES string of the molecule is Cc1cc(C)c(OC(=O)N(Cc2cc(Cl)ccc2F)c2ccnc(Nc3ccc(OCCN4CCN(C)CC4)c(F)c3)n2)c(C)c1. The number of nitrogens with zero attached hydrogens (tertiary/aromatic N) is 5. The summed E-state index contributed by atoms with van der Waals surface area (Å²) in [5, 5.41) is 3.29. The number of nitrogens with one attached hydrogen (secondary N) is 1. The van der Waals surface area contributed by atoms with E-state index in [-0.39, 0.29) is 29.6 Å². The van der Waals surface area contributed by atoms with Crippen molar-refractivity contribution >= 4 is 35.1 Å². The van der Waals surface area contributed by atoms with E-state index in [0.29, 0.717) is 23.1 Å². The quantitative estimate of drug-likeness (QED) is 0.198. The number of hydrogen-bond donors (Lipinski definition) is 1. The Balaban J connectivity index is 1.33. The fraction of sp³-hybridized carbons (Fsp3) is 0.324. The van der Waals surface area contributed by atoms with Gasteiger partial charge in [0, 0.05) is 61.3 Å². The maximum absolute atomic E-state index is 15.0. The second-order valence-electron chi connectivity index (χ2n) is 11.4. The molecule has 46 heavy (non-hydrogen) atoms. The van der Waals surface area contributed by atoms with Gasteiger partial charge in [-0.05, 0) is 75.3 Å². The summed E-state index contributed by atoms with van der Waals surface area (Å²) in [5.74, 6) is -0.306. The first-order valence-corrected chi connectivity index (χ1v) is 15.4. The number of aryl methyl sites for hydroxylation is 3. The van der Waals surface area contributed by atoms with E-state index in [1.54, 1.807) is 12.1 Å². The summed E-state index contributed by atoms with van der Waals surface area (Å²) in [4.78, 5) is 28.1. The van der Waals surface area contributed by atoms with Crippen molar-refractivity contribution in [3.63, 3.8) is 0 Å². The van der Waals surface area contributed by atoms with Crippen molar-refractivity contribution in [2.24, 2.45) is 0 Å². The Hall–Kier alpha value is -4.32. The number of aromatic nitrogens is 2. The van der Waals surface area contributed by atoms with Crippen LogP contribution < -0.4 is 19.7 Å². The molecular formula is C34H37ClF2N6O3. The summed E-state index contributed by atoms with van der Waals surface area (Å²) in [6.07, 6.45) is 0.664. The molecule has 1 fully saturated rings. The molecule has 0 atom stereocenters. The van der Waals surface area contributed by atoms with Crippen LogP contribution in [0.3, 0.4) is 0 Å². The van der Waals surface area contributed by atoms with Crippen LogP contribution in [0.5, 0.6) is 11.5 Å². The summed E-state index contributed by atoms with van der Waals surface area (Å²) in [7, 11) is 2.10. The average molecular weight is 651 g/mol. The van der Waals surface area contributed by atoms with Crippen LogP contribution in [0.4, 0.5) is 31.0 Å². The number of halogens is 3. The maximum Gasteiger partial charge on any atom is 0.421 e. The van der Waals surface area contributed by atoms with Crippen LogP contribution >= 0.6 is 11.6 Å². The molecule has 12 heteroatoms. The number of anilines is 3. The molecule has 0 radical (unpaired) electrons. The molecule has 1 aliphatic rings. The zero-order valence-electron chi connectivity index (χ0n) is 26.3. The molecule has 1 aromatic heterocycles. The highest BCUT2D eigenvalue weighted by Gasteiger charge is 2.24. The Morgan fingerprint density at radius 3 is 2.43 bits per heavy atom. The van der Waals surface area contributed by atoms with Gasteiger partial charge in [-0.2, -0.15) is 4.98 Å². The molecule has 0 spiro atoms. The lowest BCUT2D eigenvalue weighted by Crippen LogP contribution is -2.45. The van der Waals surface area contributed by atoms with Crippen molar-refractivity contribution in [2.45, 2.75) is 27.3 Å². The minimum absolute atomic E-state index is 0.0905. The molecule has 1 N–H and O–H groups in total. The Kier molecular flexibility index (Phi) is 10.7. The van der Waals surface area contributed by atoms with Crippen molar-refractivity contribution < 1.29 is 23.0 Å². The largest absolute Gasteiger partial charge is 0.489 e. The van der Waals surface area contributed by atoms with Crippen molar-refractivity contribution in [1.29, 1.82) is 0 Å². The smallest absolute Gasteiger partial charge is 0.421 e. The van der Waals surface area contributed by atoms with E-state index in [1.165, 1.54) is 41.4 Å². The standard InChI is InChI=1S/C34H37ClF2N6O3/c1-22-17-23(2)32(24(3)18-22)46-34(44)43(21-25-19-26(35)5-7-28(25)36)31-9-10-38-33(40-31)39-27-6-8-30(29(37)20-27)45-16-15-42-13-11-41(4)12-14-42/h5-10,17-20H,11-16,21H2,1-4H3,(H,38,39,40). The first-order chi connectivity index (χ1) is 22.0. The molecule has 0 bridgehead atoms. The molecule has 1 aliphatic heterocycles. The van der Waals surface area contributed by atoms with Crippen LogP contribution in [-0.2, 0) is 6.54 Å². The molecule has 9 nitrogen and oxygen atoms in total. The second kappa shape index (κ2) is 14.8. The predicted octanol–water partition coefficient (Wildman–Crippen LogP) is 6.91. The van der Waals surface area contributed by atoms with Crippen LogP contribution in [-0.4, -0.2) is 72.2 Å². The fourth-order valence-corrected chi connectivity index (χ4v) is 5.48. The van der Waals surface area contributed by atoms with E-state index in [0.717, 1.165) is 49.4 Å². The van der Waals surface area contributed by atoms with E-state index in [9.17, 15) is 13.6 Å². The number of ether oxygens (including phenoxy) is 2. The van der Waals surface area contributed by atoms with Gasteiger partial charge in [-0.3, -0.25) is 9.80 Å². The number of amides is 1. The molecule has 3 aromatic carbocycles. The topological polar surface area (TPSA) is 83.1 Å². The predicted molar refractivity (Wildman–Crippen MR) is 175 cm³/mol. The number of likely N-dealkylation sites (N-methyl/N-ethyl adjacent to an activating group) is 1. The summed E-state index contributed by atoms with van der Waals surface area (Å²) >= 11 is 6.14. The summed E-state index contributed by atoms with van der Waals surface area (Å²) in [6, 6.07) is 13.9. The van der Waals surface area contributed by atoms with Gasteiger partial charge < -0.3 is 19.7 Å². The highest BCUT2D eigenvalue weighted by molar-refractivity contribution is 6.30. The summed E-state index contributed by atoms with van der Waals surface area (Å²) in [6.45, 7) is 10.4. The maximum atomic E-state index is 15.0. The Bertz CT molecular complexity index is 1680. The lowest BCUT2D eigenvalue weighted by molar-refractivity contribution is 0.132. The number of piperazine rings is 1. The van der Waals surface area contributed by atoms with Crippen molar-refractivity contribution in [1.82, 2.24) is 19.8 Å². The van der Waals surface area contributed by atoms with Crippen LogP contribution in [0.25, 0.3) is 0 Å². The molecule has 242 valence electrons. The molecule has 0 aliphatic carbocycles. The third-order valence-electron chi connectivity index (χ3n) is 7.72. The first kappa shape index (κ1) is 33.1. The molecule has 5 rings (SSSR count). The zero-order chi connectivity index (χ0) is 32.8. The molecule has 0 unspecified atom stereocenters. The van der Waals surface area contributed by atoms with Gasteiger partial charge in [0.05, 0.1) is 6.54 Å². The molecule has 4 aromatic rings. The van der Waals surface area contributed by atoms with Gasteiger partial charge in [-0.15, -0.1) is 0 Å². The van der Waals surface area contributed by atoms with Gasteiger partial charge in [-0.25, -0.2) is 18.6 Å². The summed E-state index contributed by atoms with van der Waals surface area (Å²) in [5.41, 5.74) is 3.13. The molecule has 1 amide bonds. The average Bonchev–Trinajstić information content (AvgIpc) is 3.01. The lowest BCUT2D eigenvalue weighted by Gasteiger charge is -2.32. The van der Waals surface area contributed by atoms with E-state index >= 15 is 0 Å². The normalized spacial score (nSPS) is 13.8. The highest BCUT2D eigenvalue weighted by atomic mass is 35.5. The fourth-order valence-electron chi connectivity index (χ4n) is 5.28. The van der Waals surface area contributed by atoms with Gasteiger partial charge in [0.1, 0.15) is 24.0 Å². The first-order valence-electron chi connectivity index (χ1n) is 15.0. The third-order valence-corrected chi connectivity index (χ3v) is 7.95. The van der Waals surface area contributed by atoms with Gasteiger partial charge >= 0.3 is 6.09 Å². The number of hydrogen-bond acceptors (Lipinski definition) is 8. The molecule has 2 heterocycles. The molecule has 0 saturated carbocycles. The number of rotatable bonds is 10. The van der Waals surface area contributed by atoms with Crippen LogP contribution in [0.15, 0.2) is 60.8 Å². The van der Waals surface area contributed by atoms with Crippen LogP contribution in [0.2, 0.25) is 5.02 Å². The van der Waals surface area contributed by atoms with E-state index in [4.69, 9.17) is 21.1 Å². The van der Waals surface area contributed by atoms with Gasteiger partial charge in [0.25, 0.3) is 0 Å². The number of carbonyl (C=O) groups excluding carboxylic acids is 1. The van der Waals surface area contributed by atoms with E-state index in [2.05, 4.69) is 32.1 Å². The van der Waals surface area contributed by atoms with Gasteiger partial charge in [0.2, 0.25) is 5.95 Å². The monoisotopic (exact) mass is 650 g/mol. The molecule has 1 saturated heterocycles. The van der Waals surface area contributed by atoms with E-state index in [1.807, 2.05) is 32.9 Å². The van der Waals surface area contributed by atoms with Crippen LogP contribution in [0.1, 0.15) is 22.3 Å². The van der Waals surface area contributed by atoms with Crippen molar-refractivity contribution in [3.8, 4) is 11.5 Å². The minimum atomic E-state index is -0.775. The van der Waals surface area contributed by atoms with Crippen molar-refractivity contribution in [2.75, 3.05) is 56.6 Å². The van der Waals surface area contributed by atoms with Crippen LogP contribution in [0, 0.1) is 32.4 Å². The van der Waals surface area contributed by atoms with E-state index < -0.39 is 17.7 Å². The second-order valence-corrected chi connectivity index (χ2v) is 11.9.